The van der Waals surface area contributed by atoms with Crippen LogP contribution >= 0.6 is 11.6 Å². The van der Waals surface area contributed by atoms with Crippen LogP contribution in [0.5, 0.6) is 11.5 Å². The maximum absolute atomic E-state index is 12.3. The number of hydrogen-bond acceptors (Lipinski definition) is 5. The second-order valence-corrected chi connectivity index (χ2v) is 6.04. The summed E-state index contributed by atoms with van der Waals surface area (Å²) in [5.74, 6) is 1.14. The van der Waals surface area contributed by atoms with Gasteiger partial charge < -0.3 is 14.8 Å². The number of nitrogens with one attached hydrogen (secondary N) is 1. The van der Waals surface area contributed by atoms with Crippen molar-refractivity contribution in [1.82, 2.24) is 15.3 Å². The molecule has 0 bridgehead atoms. The Labute approximate surface area is 145 Å². The molecule has 0 saturated heterocycles. The molecule has 6 nitrogen and oxygen atoms in total. The third-order valence-electron chi connectivity index (χ3n) is 3.60. The maximum Gasteiger partial charge on any atom is 0.224 e. The molecule has 1 aromatic heterocycles. The highest BCUT2D eigenvalue weighted by Crippen LogP contribution is 2.35. The number of carbonyl (C=O) groups excluding carboxylic acids is 1. The van der Waals surface area contributed by atoms with E-state index >= 15 is 0 Å². The van der Waals surface area contributed by atoms with Crippen LogP contribution in [-0.2, 0) is 17.6 Å². The Morgan fingerprint density at radius 2 is 2.04 bits per heavy atom. The van der Waals surface area contributed by atoms with Gasteiger partial charge >= 0.3 is 0 Å². The van der Waals surface area contributed by atoms with Gasteiger partial charge in [-0.1, -0.05) is 11.6 Å². The molecular formula is C17H18ClN3O3. The monoisotopic (exact) mass is 347 g/mol. The summed E-state index contributed by atoms with van der Waals surface area (Å²) in [5, 5.41) is 3.44. The lowest BCUT2D eigenvalue weighted by atomic mass is 10.1. The third kappa shape index (κ3) is 4.14. The highest BCUT2D eigenvalue weighted by molar-refractivity contribution is 6.31. The average molecular weight is 348 g/mol. The van der Waals surface area contributed by atoms with Gasteiger partial charge in [-0.3, -0.25) is 14.8 Å². The molecule has 2 heterocycles. The van der Waals surface area contributed by atoms with Crippen molar-refractivity contribution in [2.75, 3.05) is 13.2 Å². The van der Waals surface area contributed by atoms with Gasteiger partial charge in [-0.15, -0.1) is 0 Å². The number of hydrogen-bond donors (Lipinski definition) is 1. The predicted molar refractivity (Wildman–Crippen MR) is 89.5 cm³/mol. The zero-order valence-corrected chi connectivity index (χ0v) is 14.0. The SMILES string of the molecule is C[C@H](Cc1cnccn1)NC(=O)Cc1cc2c(cc1Cl)OCCO2. The van der Waals surface area contributed by atoms with E-state index in [1.807, 2.05) is 6.92 Å². The fourth-order valence-electron chi connectivity index (χ4n) is 2.54. The van der Waals surface area contributed by atoms with Crippen molar-refractivity contribution in [2.45, 2.75) is 25.8 Å². The zero-order chi connectivity index (χ0) is 16.9. The maximum atomic E-state index is 12.3. The second-order valence-electron chi connectivity index (χ2n) is 5.63. The predicted octanol–water partition coefficient (Wildman–Crippen LogP) is 2.19. The van der Waals surface area contributed by atoms with Gasteiger partial charge in [0.1, 0.15) is 13.2 Å². The van der Waals surface area contributed by atoms with Crippen molar-refractivity contribution in [3.63, 3.8) is 0 Å². The van der Waals surface area contributed by atoms with Gasteiger partial charge in [0.05, 0.1) is 12.1 Å². The van der Waals surface area contributed by atoms with E-state index < -0.39 is 0 Å². The summed E-state index contributed by atoms with van der Waals surface area (Å²) in [6.07, 6.45) is 5.75. The van der Waals surface area contributed by atoms with Gasteiger partial charge in [0, 0.05) is 42.1 Å². The van der Waals surface area contributed by atoms with Gasteiger partial charge in [-0.05, 0) is 18.6 Å². The minimum Gasteiger partial charge on any atom is -0.486 e. The summed E-state index contributed by atoms with van der Waals surface area (Å²) in [5.41, 5.74) is 1.55. The van der Waals surface area contributed by atoms with E-state index in [0.29, 0.717) is 41.7 Å². The van der Waals surface area contributed by atoms with Crippen LogP contribution in [0.3, 0.4) is 0 Å². The number of rotatable bonds is 5. The van der Waals surface area contributed by atoms with Gasteiger partial charge in [0.2, 0.25) is 5.91 Å². The number of carbonyl (C=O) groups is 1. The van der Waals surface area contributed by atoms with Gasteiger partial charge in [0.15, 0.2) is 11.5 Å². The Morgan fingerprint density at radius 3 is 2.75 bits per heavy atom. The van der Waals surface area contributed by atoms with E-state index in [1.165, 1.54) is 0 Å². The number of fused-ring (bicyclic) bond motifs is 1. The Hall–Kier alpha value is -2.34. The van der Waals surface area contributed by atoms with Crippen LogP contribution in [0.1, 0.15) is 18.2 Å². The first-order chi connectivity index (χ1) is 11.6. The molecule has 2 aromatic rings. The minimum absolute atomic E-state index is 0.0508. The van der Waals surface area contributed by atoms with Crippen molar-refractivity contribution in [1.29, 1.82) is 0 Å². The molecule has 3 rings (SSSR count). The van der Waals surface area contributed by atoms with Crippen LogP contribution in [-0.4, -0.2) is 35.1 Å². The first kappa shape index (κ1) is 16.5. The largest absolute Gasteiger partial charge is 0.486 e. The summed E-state index contributed by atoms with van der Waals surface area (Å²) in [4.78, 5) is 20.5. The van der Waals surface area contributed by atoms with Gasteiger partial charge in [0.25, 0.3) is 0 Å². The molecule has 0 saturated carbocycles. The lowest BCUT2D eigenvalue weighted by Gasteiger charge is -2.20. The topological polar surface area (TPSA) is 73.3 Å². The van der Waals surface area contributed by atoms with E-state index in [1.54, 1.807) is 30.7 Å². The molecule has 1 N–H and O–H groups in total. The van der Waals surface area contributed by atoms with Crippen LogP contribution in [0.2, 0.25) is 5.02 Å². The van der Waals surface area contributed by atoms with E-state index in [4.69, 9.17) is 21.1 Å². The smallest absolute Gasteiger partial charge is 0.224 e. The normalized spacial score (nSPS) is 14.1. The average Bonchev–Trinajstić information content (AvgIpc) is 2.56. The molecule has 1 atom stereocenters. The molecular weight excluding hydrogens is 330 g/mol. The summed E-state index contributed by atoms with van der Waals surface area (Å²) < 4.78 is 11.0. The van der Waals surface area contributed by atoms with Crippen molar-refractivity contribution in [3.05, 3.63) is 47.0 Å². The lowest BCUT2D eigenvalue weighted by Crippen LogP contribution is -2.35. The highest BCUT2D eigenvalue weighted by Gasteiger charge is 2.17. The molecule has 1 aliphatic rings. The Kier molecular flexibility index (Phi) is 5.15. The molecule has 0 fully saturated rings. The van der Waals surface area contributed by atoms with Crippen molar-refractivity contribution in [2.24, 2.45) is 0 Å². The molecule has 126 valence electrons. The molecule has 0 spiro atoms. The number of aromatic nitrogens is 2. The fraction of sp³-hybridized carbons (Fsp3) is 0.353. The summed E-state index contributed by atoms with van der Waals surface area (Å²) in [6, 6.07) is 3.41. The third-order valence-corrected chi connectivity index (χ3v) is 3.95. The number of amides is 1. The van der Waals surface area contributed by atoms with Gasteiger partial charge in [-0.25, -0.2) is 0 Å². The number of benzene rings is 1. The molecule has 1 amide bonds. The van der Waals surface area contributed by atoms with E-state index in [0.717, 1.165) is 5.69 Å². The first-order valence-electron chi connectivity index (χ1n) is 7.74. The molecule has 24 heavy (non-hydrogen) atoms. The zero-order valence-electron chi connectivity index (χ0n) is 13.3. The summed E-state index contributed by atoms with van der Waals surface area (Å²) >= 11 is 6.24. The highest BCUT2D eigenvalue weighted by atomic mass is 35.5. The van der Waals surface area contributed by atoms with Crippen LogP contribution in [0.4, 0.5) is 0 Å². The first-order valence-corrected chi connectivity index (χ1v) is 8.12. The Morgan fingerprint density at radius 1 is 1.29 bits per heavy atom. The number of nitrogens with zero attached hydrogens (tertiary/aromatic N) is 2. The van der Waals surface area contributed by atoms with E-state index in [2.05, 4.69) is 15.3 Å². The molecule has 0 unspecified atom stereocenters. The molecule has 1 aliphatic heterocycles. The quantitative estimate of drug-likeness (QED) is 0.897. The summed E-state index contributed by atoms with van der Waals surface area (Å²) in [6.45, 7) is 2.93. The summed E-state index contributed by atoms with van der Waals surface area (Å²) in [7, 11) is 0. The van der Waals surface area contributed by atoms with Crippen molar-refractivity contribution in [3.8, 4) is 11.5 Å². The van der Waals surface area contributed by atoms with Crippen molar-refractivity contribution < 1.29 is 14.3 Å². The van der Waals surface area contributed by atoms with E-state index in [9.17, 15) is 4.79 Å². The second kappa shape index (κ2) is 7.49. The van der Waals surface area contributed by atoms with Crippen LogP contribution in [0, 0.1) is 0 Å². The van der Waals surface area contributed by atoms with Crippen LogP contribution < -0.4 is 14.8 Å². The molecule has 1 aromatic carbocycles. The fourth-order valence-corrected chi connectivity index (χ4v) is 2.76. The van der Waals surface area contributed by atoms with Gasteiger partial charge in [-0.2, -0.15) is 0 Å². The van der Waals surface area contributed by atoms with E-state index in [-0.39, 0.29) is 18.4 Å². The minimum atomic E-state index is -0.107. The Balaban J connectivity index is 1.60. The number of ether oxygens (including phenoxy) is 2. The standard InChI is InChI=1S/C17H18ClN3O3/c1-11(6-13-10-19-2-3-20-13)21-17(22)8-12-7-15-16(9-14(12)18)24-5-4-23-15/h2-3,7,9-11H,4-6,8H2,1H3,(H,21,22)/t11-/m1/s1. The molecule has 0 radical (unpaired) electrons. The van der Waals surface area contributed by atoms with Crippen molar-refractivity contribution >= 4 is 17.5 Å². The lowest BCUT2D eigenvalue weighted by molar-refractivity contribution is -0.121. The van der Waals surface area contributed by atoms with Crippen LogP contribution in [0.25, 0.3) is 0 Å². The molecule has 0 aliphatic carbocycles. The van der Waals surface area contributed by atoms with Crippen LogP contribution in [0.15, 0.2) is 30.7 Å². The number of halogens is 1. The Bertz CT molecular complexity index is 725. The molecule has 7 heteroatoms.